The Morgan fingerprint density at radius 1 is 1.31 bits per heavy atom. The molecule has 0 radical (unpaired) electrons. The van der Waals surface area contributed by atoms with E-state index in [1.54, 1.807) is 5.38 Å². The first-order valence-electron chi connectivity index (χ1n) is 8.38. The van der Waals surface area contributed by atoms with E-state index in [4.69, 9.17) is 10.5 Å². The van der Waals surface area contributed by atoms with E-state index in [1.165, 1.54) is 40.5 Å². The molecule has 3 N–H and O–H groups in total. The van der Waals surface area contributed by atoms with Crippen molar-refractivity contribution >= 4 is 45.5 Å². The van der Waals surface area contributed by atoms with Crippen molar-refractivity contribution < 1.29 is 19.1 Å². The van der Waals surface area contributed by atoms with E-state index in [9.17, 15) is 14.4 Å². The minimum Gasteiger partial charge on any atom is -0.448 e. The van der Waals surface area contributed by atoms with Gasteiger partial charge in [0, 0.05) is 4.88 Å². The molecule has 0 aromatic carbocycles. The summed E-state index contributed by atoms with van der Waals surface area (Å²) >= 11 is 2.60. The van der Waals surface area contributed by atoms with Crippen LogP contribution in [-0.4, -0.2) is 23.9 Å². The topological polar surface area (TPSA) is 98.5 Å². The molecule has 26 heavy (non-hydrogen) atoms. The average Bonchev–Trinajstić information content (AvgIpc) is 3.21. The van der Waals surface area contributed by atoms with Gasteiger partial charge in [-0.15, -0.1) is 22.7 Å². The summed E-state index contributed by atoms with van der Waals surface area (Å²) in [4.78, 5) is 37.6. The zero-order chi connectivity index (χ0) is 19.3. The molecule has 2 rings (SSSR count). The van der Waals surface area contributed by atoms with Gasteiger partial charge in [-0.05, 0) is 42.8 Å². The minimum absolute atomic E-state index is 0.233. The van der Waals surface area contributed by atoms with Gasteiger partial charge in [-0.25, -0.2) is 4.79 Å². The van der Waals surface area contributed by atoms with Crippen molar-refractivity contribution in [3.63, 3.8) is 0 Å². The third-order valence-corrected chi connectivity index (χ3v) is 5.82. The number of carbonyl (C=O) groups is 3. The molecule has 2 aromatic rings. The van der Waals surface area contributed by atoms with Gasteiger partial charge in [-0.3, -0.25) is 9.59 Å². The van der Waals surface area contributed by atoms with Crippen LogP contribution < -0.4 is 11.1 Å². The summed E-state index contributed by atoms with van der Waals surface area (Å²) in [5.74, 6) is -1.65. The van der Waals surface area contributed by atoms with Gasteiger partial charge in [0.25, 0.3) is 11.8 Å². The molecule has 6 nitrogen and oxygen atoms in total. The molecule has 2 amide bonds. The number of aryl methyl sites for hydroxylation is 2. The highest BCUT2D eigenvalue weighted by molar-refractivity contribution is 7.15. The second-order valence-corrected chi connectivity index (χ2v) is 7.78. The van der Waals surface area contributed by atoms with Crippen molar-refractivity contribution in [2.75, 3.05) is 5.32 Å². The van der Waals surface area contributed by atoms with Crippen molar-refractivity contribution in [2.45, 2.75) is 46.1 Å². The maximum absolute atomic E-state index is 12.4. The smallest absolute Gasteiger partial charge is 0.349 e. The van der Waals surface area contributed by atoms with Gasteiger partial charge in [-0.2, -0.15) is 0 Å². The summed E-state index contributed by atoms with van der Waals surface area (Å²) in [6, 6.07) is 3.37. The fourth-order valence-electron chi connectivity index (χ4n) is 2.39. The number of ether oxygens (including phenoxy) is 1. The SMILES string of the molecule is CCCc1sc(C(=O)O[C@H](C)C(=O)Nc2sccc2C(N)=O)cc1CC. The summed E-state index contributed by atoms with van der Waals surface area (Å²) in [6.45, 7) is 5.63. The van der Waals surface area contributed by atoms with Gasteiger partial charge < -0.3 is 15.8 Å². The first-order chi connectivity index (χ1) is 12.4. The van der Waals surface area contributed by atoms with Crippen molar-refractivity contribution in [3.8, 4) is 0 Å². The molecule has 0 saturated carbocycles. The van der Waals surface area contributed by atoms with Crippen LogP contribution in [0.3, 0.4) is 0 Å². The van der Waals surface area contributed by atoms with Crippen LogP contribution in [0.5, 0.6) is 0 Å². The van der Waals surface area contributed by atoms with Gasteiger partial charge in [0.2, 0.25) is 0 Å². The van der Waals surface area contributed by atoms with Gasteiger partial charge >= 0.3 is 5.97 Å². The van der Waals surface area contributed by atoms with Crippen LogP contribution in [0.4, 0.5) is 5.00 Å². The Balaban J connectivity index is 2.03. The second-order valence-electron chi connectivity index (χ2n) is 5.73. The van der Waals surface area contributed by atoms with Crippen LogP contribution in [0.2, 0.25) is 0 Å². The fraction of sp³-hybridized carbons (Fsp3) is 0.389. The number of nitrogens with one attached hydrogen (secondary N) is 1. The highest BCUT2D eigenvalue weighted by Crippen LogP contribution is 2.26. The maximum atomic E-state index is 12.4. The molecule has 0 aliphatic rings. The molecule has 0 unspecified atom stereocenters. The monoisotopic (exact) mass is 394 g/mol. The zero-order valence-electron chi connectivity index (χ0n) is 15.0. The molecule has 0 aliphatic carbocycles. The predicted molar refractivity (Wildman–Crippen MR) is 104 cm³/mol. The fourth-order valence-corrected chi connectivity index (χ4v) is 4.42. The largest absolute Gasteiger partial charge is 0.448 e. The lowest BCUT2D eigenvalue weighted by Gasteiger charge is -2.12. The standard InChI is InChI=1S/C18H22N2O4S2/c1-4-6-13-11(5-2)9-14(26-13)18(23)24-10(3)16(22)20-17-12(15(19)21)7-8-25-17/h7-10H,4-6H2,1-3H3,(H2,19,21)(H,20,22)/t10-/m1/s1. The normalized spacial score (nSPS) is 11.8. The Morgan fingerprint density at radius 3 is 2.65 bits per heavy atom. The molecule has 0 bridgehead atoms. The lowest BCUT2D eigenvalue weighted by Crippen LogP contribution is -2.30. The molecule has 2 heterocycles. The molecular weight excluding hydrogens is 372 g/mol. The number of esters is 1. The average molecular weight is 395 g/mol. The Kier molecular flexibility index (Phi) is 6.93. The highest BCUT2D eigenvalue weighted by atomic mass is 32.1. The Labute approximate surface area is 160 Å². The van der Waals surface area contributed by atoms with Gasteiger partial charge in [0.15, 0.2) is 6.10 Å². The predicted octanol–water partition coefficient (Wildman–Crippen LogP) is 3.61. The number of amides is 2. The quantitative estimate of drug-likeness (QED) is 0.668. The molecule has 0 aliphatic heterocycles. The first kappa shape index (κ1) is 20.1. The summed E-state index contributed by atoms with van der Waals surface area (Å²) in [5, 5.41) is 4.58. The first-order valence-corrected chi connectivity index (χ1v) is 10.1. The molecule has 0 spiro atoms. The number of carbonyl (C=O) groups excluding carboxylic acids is 3. The highest BCUT2D eigenvalue weighted by Gasteiger charge is 2.23. The lowest BCUT2D eigenvalue weighted by molar-refractivity contribution is -0.123. The number of hydrogen-bond donors (Lipinski definition) is 2. The summed E-state index contributed by atoms with van der Waals surface area (Å²) in [7, 11) is 0. The maximum Gasteiger partial charge on any atom is 0.349 e. The number of nitrogens with two attached hydrogens (primary N) is 1. The number of hydrogen-bond acceptors (Lipinski definition) is 6. The van der Waals surface area contributed by atoms with Gasteiger partial charge in [0.05, 0.1) is 5.56 Å². The van der Waals surface area contributed by atoms with Gasteiger partial charge in [-0.1, -0.05) is 20.3 Å². The van der Waals surface area contributed by atoms with Crippen LogP contribution in [0.15, 0.2) is 17.5 Å². The van der Waals surface area contributed by atoms with Crippen LogP contribution in [0.1, 0.15) is 57.7 Å². The lowest BCUT2D eigenvalue weighted by atomic mass is 10.1. The Bertz CT molecular complexity index is 810. The third-order valence-electron chi connectivity index (χ3n) is 3.78. The molecule has 140 valence electrons. The summed E-state index contributed by atoms with van der Waals surface area (Å²) in [5.41, 5.74) is 6.63. The zero-order valence-corrected chi connectivity index (χ0v) is 16.6. The van der Waals surface area contributed by atoms with Gasteiger partial charge in [0.1, 0.15) is 9.88 Å². The molecule has 0 fully saturated rings. The summed E-state index contributed by atoms with van der Waals surface area (Å²) < 4.78 is 5.29. The molecular formula is C18H22N2O4S2. The summed E-state index contributed by atoms with van der Waals surface area (Å²) in [6.07, 6.45) is 1.78. The number of rotatable bonds is 8. The van der Waals surface area contributed by atoms with Crippen LogP contribution in [-0.2, 0) is 22.4 Å². The van der Waals surface area contributed by atoms with E-state index in [2.05, 4.69) is 12.2 Å². The molecule has 2 aromatic heterocycles. The molecule has 8 heteroatoms. The van der Waals surface area contributed by atoms with Crippen molar-refractivity contribution in [2.24, 2.45) is 5.73 Å². The van der Waals surface area contributed by atoms with Crippen molar-refractivity contribution in [3.05, 3.63) is 38.4 Å². The Hall–Kier alpha value is -2.19. The number of anilines is 1. The Morgan fingerprint density at radius 2 is 2.04 bits per heavy atom. The van der Waals surface area contributed by atoms with E-state index in [-0.39, 0.29) is 5.56 Å². The van der Waals surface area contributed by atoms with Crippen LogP contribution in [0.25, 0.3) is 0 Å². The molecule has 0 saturated heterocycles. The van der Waals surface area contributed by atoms with E-state index >= 15 is 0 Å². The van der Waals surface area contributed by atoms with E-state index in [1.807, 2.05) is 13.0 Å². The van der Waals surface area contributed by atoms with E-state index in [0.717, 1.165) is 24.8 Å². The van der Waals surface area contributed by atoms with Crippen molar-refractivity contribution in [1.29, 1.82) is 0 Å². The second kappa shape index (κ2) is 8.95. The molecule has 1 atom stereocenters. The van der Waals surface area contributed by atoms with E-state index in [0.29, 0.717) is 9.88 Å². The minimum atomic E-state index is -0.993. The third kappa shape index (κ3) is 4.70. The number of primary amides is 1. The van der Waals surface area contributed by atoms with Crippen LogP contribution >= 0.6 is 22.7 Å². The van der Waals surface area contributed by atoms with Crippen molar-refractivity contribution in [1.82, 2.24) is 0 Å². The number of thiophene rings is 2. The van der Waals surface area contributed by atoms with Crippen LogP contribution in [0, 0.1) is 0 Å². The van der Waals surface area contributed by atoms with E-state index < -0.39 is 23.9 Å².